The third-order valence-corrected chi connectivity index (χ3v) is 5.07. The molecule has 0 saturated heterocycles. The fourth-order valence-corrected chi connectivity index (χ4v) is 3.93. The highest BCUT2D eigenvalue weighted by atomic mass is 35.5. The number of nitrogens with two attached hydrogens (primary N) is 1. The van der Waals surface area contributed by atoms with E-state index in [-0.39, 0.29) is 18.4 Å². The van der Waals surface area contributed by atoms with Gasteiger partial charge in [0, 0.05) is 6.04 Å². The molecule has 4 rings (SSSR count). The largest absolute Gasteiger partial charge is 0.324 e. The molecule has 22 heavy (non-hydrogen) atoms. The van der Waals surface area contributed by atoms with Gasteiger partial charge in [-0.15, -0.1) is 12.4 Å². The van der Waals surface area contributed by atoms with E-state index in [1.807, 2.05) is 0 Å². The van der Waals surface area contributed by atoms with Crippen LogP contribution in [0.2, 0.25) is 0 Å². The molecule has 1 atom stereocenters. The van der Waals surface area contributed by atoms with Crippen molar-refractivity contribution < 1.29 is 0 Å². The zero-order valence-corrected chi connectivity index (χ0v) is 13.5. The molecule has 114 valence electrons. The van der Waals surface area contributed by atoms with Crippen LogP contribution in [0.4, 0.5) is 0 Å². The van der Waals surface area contributed by atoms with Gasteiger partial charge in [-0.05, 0) is 51.9 Å². The van der Waals surface area contributed by atoms with Gasteiger partial charge >= 0.3 is 0 Å². The van der Waals surface area contributed by atoms with E-state index in [2.05, 4.69) is 54.6 Å². The molecule has 1 fully saturated rings. The monoisotopic (exact) mass is 311 g/mol. The van der Waals surface area contributed by atoms with Crippen LogP contribution < -0.4 is 5.73 Å². The summed E-state index contributed by atoms with van der Waals surface area (Å²) in [6, 6.07) is 19.8. The lowest BCUT2D eigenvalue weighted by Crippen LogP contribution is -2.19. The van der Waals surface area contributed by atoms with Crippen molar-refractivity contribution in [2.45, 2.75) is 31.7 Å². The van der Waals surface area contributed by atoms with E-state index in [9.17, 15) is 0 Å². The molecule has 0 spiro atoms. The molecular formula is C20H22ClN. The van der Waals surface area contributed by atoms with Crippen LogP contribution in [0, 0.1) is 5.92 Å². The predicted octanol–water partition coefficient (Wildman–Crippen LogP) is 5.60. The smallest absolute Gasteiger partial charge is 0.0329 e. The molecular weight excluding hydrogens is 290 g/mol. The van der Waals surface area contributed by atoms with Gasteiger partial charge in [-0.3, -0.25) is 0 Å². The van der Waals surface area contributed by atoms with Crippen LogP contribution >= 0.6 is 12.4 Å². The minimum Gasteiger partial charge on any atom is -0.324 e. The number of benzene rings is 3. The van der Waals surface area contributed by atoms with E-state index in [1.54, 1.807) is 0 Å². The Labute approximate surface area is 137 Å². The SMILES string of the molecule is Cl.N[C@H](c1cc2ccccc2c2ccccc12)C1CCCC1. The molecule has 0 bridgehead atoms. The summed E-state index contributed by atoms with van der Waals surface area (Å²) in [6.07, 6.45) is 5.23. The molecule has 1 saturated carbocycles. The van der Waals surface area contributed by atoms with Crippen molar-refractivity contribution in [2.24, 2.45) is 11.7 Å². The Hall–Kier alpha value is -1.57. The average Bonchev–Trinajstić information content (AvgIpc) is 3.08. The summed E-state index contributed by atoms with van der Waals surface area (Å²) < 4.78 is 0. The van der Waals surface area contributed by atoms with Crippen molar-refractivity contribution in [1.82, 2.24) is 0 Å². The highest BCUT2D eigenvalue weighted by molar-refractivity contribution is 6.09. The van der Waals surface area contributed by atoms with Crippen molar-refractivity contribution in [3.8, 4) is 0 Å². The molecule has 0 radical (unpaired) electrons. The number of halogens is 1. The summed E-state index contributed by atoms with van der Waals surface area (Å²) in [7, 11) is 0. The van der Waals surface area contributed by atoms with Gasteiger partial charge < -0.3 is 5.73 Å². The fraction of sp³-hybridized carbons (Fsp3) is 0.300. The fourth-order valence-electron chi connectivity index (χ4n) is 3.93. The maximum absolute atomic E-state index is 6.66. The standard InChI is InChI=1S/C20H21N.ClH/c21-20(14-7-1-2-8-14)19-13-15-9-3-4-10-16(15)17-11-5-6-12-18(17)19;/h3-6,9-14,20H,1-2,7-8,21H2;1H/t20-;/m0./s1. The molecule has 3 aromatic rings. The van der Waals surface area contributed by atoms with E-state index in [0.717, 1.165) is 0 Å². The van der Waals surface area contributed by atoms with Gasteiger partial charge in [0.15, 0.2) is 0 Å². The van der Waals surface area contributed by atoms with Gasteiger partial charge in [0.25, 0.3) is 0 Å². The summed E-state index contributed by atoms with van der Waals surface area (Å²) in [5.74, 6) is 0.648. The molecule has 0 amide bonds. The predicted molar refractivity (Wildman–Crippen MR) is 97.6 cm³/mol. The molecule has 3 aromatic carbocycles. The van der Waals surface area contributed by atoms with Gasteiger partial charge in [-0.25, -0.2) is 0 Å². The highest BCUT2D eigenvalue weighted by Gasteiger charge is 2.24. The second kappa shape index (κ2) is 6.28. The van der Waals surface area contributed by atoms with E-state index < -0.39 is 0 Å². The van der Waals surface area contributed by atoms with Gasteiger partial charge in [0.2, 0.25) is 0 Å². The highest BCUT2D eigenvalue weighted by Crippen LogP contribution is 2.38. The van der Waals surface area contributed by atoms with Gasteiger partial charge in [-0.1, -0.05) is 61.4 Å². The van der Waals surface area contributed by atoms with E-state index in [4.69, 9.17) is 5.73 Å². The van der Waals surface area contributed by atoms with Crippen LogP contribution in [-0.2, 0) is 0 Å². The lowest BCUT2D eigenvalue weighted by atomic mass is 9.87. The second-order valence-corrected chi connectivity index (χ2v) is 6.30. The summed E-state index contributed by atoms with van der Waals surface area (Å²) in [6.45, 7) is 0. The number of hydrogen-bond donors (Lipinski definition) is 1. The molecule has 0 heterocycles. The van der Waals surface area contributed by atoms with Crippen LogP contribution in [0.25, 0.3) is 21.5 Å². The van der Waals surface area contributed by atoms with E-state index in [0.29, 0.717) is 5.92 Å². The normalized spacial score (nSPS) is 16.8. The molecule has 2 N–H and O–H groups in total. The molecule has 1 nitrogen and oxygen atoms in total. The molecule has 0 unspecified atom stereocenters. The Morgan fingerprint density at radius 3 is 2.14 bits per heavy atom. The van der Waals surface area contributed by atoms with Crippen molar-refractivity contribution in [3.05, 3.63) is 60.2 Å². The van der Waals surface area contributed by atoms with E-state index in [1.165, 1.54) is 52.8 Å². The van der Waals surface area contributed by atoms with Gasteiger partial charge in [-0.2, -0.15) is 0 Å². The molecule has 1 aliphatic carbocycles. The third kappa shape index (κ3) is 2.49. The first kappa shape index (κ1) is 15.3. The zero-order chi connectivity index (χ0) is 14.2. The first-order valence-corrected chi connectivity index (χ1v) is 8.00. The van der Waals surface area contributed by atoms with Crippen LogP contribution in [-0.4, -0.2) is 0 Å². The lowest BCUT2D eigenvalue weighted by molar-refractivity contribution is 0.447. The number of rotatable bonds is 2. The molecule has 1 aliphatic rings. The Kier molecular flexibility index (Phi) is 4.37. The van der Waals surface area contributed by atoms with Crippen molar-refractivity contribution in [2.75, 3.05) is 0 Å². The summed E-state index contributed by atoms with van der Waals surface area (Å²) in [5, 5.41) is 5.30. The minimum absolute atomic E-state index is 0. The maximum Gasteiger partial charge on any atom is 0.0329 e. The molecule has 0 aromatic heterocycles. The van der Waals surface area contributed by atoms with Crippen LogP contribution in [0.3, 0.4) is 0 Å². The lowest BCUT2D eigenvalue weighted by Gasteiger charge is -2.22. The maximum atomic E-state index is 6.66. The van der Waals surface area contributed by atoms with Crippen LogP contribution in [0.5, 0.6) is 0 Å². The summed E-state index contributed by atoms with van der Waals surface area (Å²) in [5.41, 5.74) is 7.99. The Morgan fingerprint density at radius 1 is 0.818 bits per heavy atom. The van der Waals surface area contributed by atoms with Crippen LogP contribution in [0.1, 0.15) is 37.3 Å². The third-order valence-electron chi connectivity index (χ3n) is 5.07. The van der Waals surface area contributed by atoms with Gasteiger partial charge in [0.1, 0.15) is 0 Å². The Balaban J connectivity index is 0.00000144. The molecule has 0 aliphatic heterocycles. The number of fused-ring (bicyclic) bond motifs is 3. The minimum atomic E-state index is 0. The van der Waals surface area contributed by atoms with Crippen molar-refractivity contribution in [1.29, 1.82) is 0 Å². The number of hydrogen-bond acceptors (Lipinski definition) is 1. The zero-order valence-electron chi connectivity index (χ0n) is 12.7. The quantitative estimate of drug-likeness (QED) is 0.612. The topological polar surface area (TPSA) is 26.0 Å². The summed E-state index contributed by atoms with van der Waals surface area (Å²) in [4.78, 5) is 0. The Morgan fingerprint density at radius 2 is 1.41 bits per heavy atom. The molecule has 2 heteroatoms. The van der Waals surface area contributed by atoms with Gasteiger partial charge in [0.05, 0.1) is 0 Å². The second-order valence-electron chi connectivity index (χ2n) is 6.30. The Bertz CT molecular complexity index is 790. The summed E-state index contributed by atoms with van der Waals surface area (Å²) >= 11 is 0. The average molecular weight is 312 g/mol. The van der Waals surface area contributed by atoms with Crippen molar-refractivity contribution >= 4 is 34.0 Å². The van der Waals surface area contributed by atoms with E-state index >= 15 is 0 Å². The van der Waals surface area contributed by atoms with Crippen molar-refractivity contribution in [3.63, 3.8) is 0 Å². The first-order chi connectivity index (χ1) is 10.3. The van der Waals surface area contributed by atoms with Crippen LogP contribution in [0.15, 0.2) is 54.6 Å². The first-order valence-electron chi connectivity index (χ1n) is 8.00.